The van der Waals surface area contributed by atoms with Crippen LogP contribution in [0.4, 0.5) is 10.1 Å². The molecule has 1 fully saturated rings. The predicted octanol–water partition coefficient (Wildman–Crippen LogP) is 1.88. The fraction of sp³-hybridized carbons (Fsp3) is 0.500. The van der Waals surface area contributed by atoms with E-state index in [1.165, 1.54) is 6.07 Å². The van der Waals surface area contributed by atoms with Gasteiger partial charge in [0.25, 0.3) is 0 Å². The Labute approximate surface area is 112 Å². The molecule has 0 aromatic heterocycles. The number of nitrogens with one attached hydrogen (secondary N) is 1. The molecule has 0 saturated carbocycles. The lowest BCUT2D eigenvalue weighted by Crippen LogP contribution is -2.42. The van der Waals surface area contributed by atoms with Gasteiger partial charge in [-0.05, 0) is 19.1 Å². The summed E-state index contributed by atoms with van der Waals surface area (Å²) in [6.45, 7) is 5.08. The number of para-hydroxylation sites is 1. The van der Waals surface area contributed by atoms with Crippen molar-refractivity contribution in [2.45, 2.75) is 19.4 Å². The van der Waals surface area contributed by atoms with Gasteiger partial charge in [0.1, 0.15) is 5.82 Å². The highest BCUT2D eigenvalue weighted by atomic mass is 19.1. The Bertz CT molecular complexity index is 439. The number of hydrogen-bond acceptors (Lipinski definition) is 3. The van der Waals surface area contributed by atoms with E-state index in [2.05, 4.69) is 10.2 Å². The van der Waals surface area contributed by atoms with Crippen LogP contribution in [0.5, 0.6) is 0 Å². The zero-order valence-electron chi connectivity index (χ0n) is 11.1. The molecule has 0 unspecified atom stereocenters. The van der Waals surface area contributed by atoms with Crippen LogP contribution < -0.4 is 5.32 Å². The van der Waals surface area contributed by atoms with Crippen LogP contribution in [-0.2, 0) is 9.53 Å². The summed E-state index contributed by atoms with van der Waals surface area (Å²) in [5, 5.41) is 2.59. The third-order valence-electron chi connectivity index (χ3n) is 3.13. The van der Waals surface area contributed by atoms with Crippen molar-refractivity contribution in [3.63, 3.8) is 0 Å². The van der Waals surface area contributed by atoms with Crippen LogP contribution >= 0.6 is 0 Å². The van der Waals surface area contributed by atoms with Crippen LogP contribution in [0.15, 0.2) is 24.3 Å². The molecule has 1 aliphatic rings. The first-order valence-electron chi connectivity index (χ1n) is 6.53. The molecule has 1 atom stereocenters. The second-order valence-electron chi connectivity index (χ2n) is 4.76. The van der Waals surface area contributed by atoms with Gasteiger partial charge in [0, 0.05) is 26.1 Å². The van der Waals surface area contributed by atoms with Crippen molar-refractivity contribution in [3.8, 4) is 0 Å². The Kier molecular flexibility index (Phi) is 4.87. The largest absolute Gasteiger partial charge is 0.376 e. The number of ether oxygens (including phenoxy) is 1. The molecular weight excluding hydrogens is 247 g/mol. The molecule has 1 aromatic rings. The van der Waals surface area contributed by atoms with Gasteiger partial charge < -0.3 is 10.1 Å². The van der Waals surface area contributed by atoms with Crippen molar-refractivity contribution in [2.24, 2.45) is 0 Å². The number of anilines is 1. The lowest BCUT2D eigenvalue weighted by molar-refractivity contribution is -0.117. The van der Waals surface area contributed by atoms with Crippen molar-refractivity contribution < 1.29 is 13.9 Å². The van der Waals surface area contributed by atoms with Gasteiger partial charge in [-0.2, -0.15) is 0 Å². The first-order chi connectivity index (χ1) is 9.15. The molecule has 0 bridgehead atoms. The number of rotatable bonds is 4. The van der Waals surface area contributed by atoms with Crippen LogP contribution in [0.3, 0.4) is 0 Å². The fourth-order valence-electron chi connectivity index (χ4n) is 2.13. The quantitative estimate of drug-likeness (QED) is 0.904. The predicted molar refractivity (Wildman–Crippen MR) is 71.5 cm³/mol. The molecule has 1 saturated heterocycles. The van der Waals surface area contributed by atoms with Crippen LogP contribution in [0.25, 0.3) is 0 Å². The normalized spacial score (nSPS) is 20.2. The third kappa shape index (κ3) is 4.29. The van der Waals surface area contributed by atoms with Gasteiger partial charge in [-0.25, -0.2) is 4.39 Å². The standard InChI is InChI=1S/C14H19FN2O2/c1-11-10-17(8-9-19-11)7-6-14(18)16-13-5-3-2-4-12(13)15/h2-5,11H,6-10H2,1H3,(H,16,18)/t11-/m1/s1. The zero-order valence-corrected chi connectivity index (χ0v) is 11.1. The highest BCUT2D eigenvalue weighted by Gasteiger charge is 2.17. The SMILES string of the molecule is C[C@@H]1CN(CCC(=O)Nc2ccccc2F)CCO1. The molecule has 1 heterocycles. The van der Waals surface area contributed by atoms with E-state index >= 15 is 0 Å². The number of carbonyl (C=O) groups excluding carboxylic acids is 1. The average Bonchev–Trinajstić information content (AvgIpc) is 2.39. The Balaban J connectivity index is 1.77. The third-order valence-corrected chi connectivity index (χ3v) is 3.13. The maximum Gasteiger partial charge on any atom is 0.225 e. The minimum absolute atomic E-state index is 0.163. The van der Waals surface area contributed by atoms with E-state index in [0.717, 1.165) is 13.1 Å². The summed E-state index contributed by atoms with van der Waals surface area (Å²) in [7, 11) is 0. The minimum Gasteiger partial charge on any atom is -0.376 e. The number of hydrogen-bond donors (Lipinski definition) is 1. The number of benzene rings is 1. The van der Waals surface area contributed by atoms with E-state index < -0.39 is 5.82 Å². The second kappa shape index (κ2) is 6.63. The summed E-state index contributed by atoms with van der Waals surface area (Å²) in [6.07, 6.45) is 0.574. The Morgan fingerprint density at radius 3 is 3.05 bits per heavy atom. The summed E-state index contributed by atoms with van der Waals surface area (Å²) >= 11 is 0. The molecular formula is C14H19FN2O2. The number of amides is 1. The first-order valence-corrected chi connectivity index (χ1v) is 6.53. The highest BCUT2D eigenvalue weighted by Crippen LogP contribution is 2.13. The molecule has 1 N–H and O–H groups in total. The lowest BCUT2D eigenvalue weighted by Gasteiger charge is -2.30. The molecule has 1 aliphatic heterocycles. The van der Waals surface area contributed by atoms with Gasteiger partial charge in [-0.15, -0.1) is 0 Å². The van der Waals surface area contributed by atoms with E-state index in [0.29, 0.717) is 19.6 Å². The van der Waals surface area contributed by atoms with E-state index in [-0.39, 0.29) is 17.7 Å². The highest BCUT2D eigenvalue weighted by molar-refractivity contribution is 5.90. The number of halogens is 1. The van der Waals surface area contributed by atoms with E-state index in [4.69, 9.17) is 4.74 Å². The topological polar surface area (TPSA) is 41.6 Å². The van der Waals surface area contributed by atoms with Crippen LogP contribution in [0, 0.1) is 5.82 Å². The Morgan fingerprint density at radius 1 is 1.53 bits per heavy atom. The second-order valence-corrected chi connectivity index (χ2v) is 4.76. The molecule has 2 rings (SSSR count). The molecule has 1 amide bonds. The van der Waals surface area contributed by atoms with Crippen LogP contribution in [0.2, 0.25) is 0 Å². The summed E-state index contributed by atoms with van der Waals surface area (Å²) in [5.74, 6) is -0.569. The fourth-order valence-corrected chi connectivity index (χ4v) is 2.13. The Hall–Kier alpha value is -1.46. The molecule has 19 heavy (non-hydrogen) atoms. The van der Waals surface area contributed by atoms with Crippen LogP contribution in [-0.4, -0.2) is 43.2 Å². The molecule has 104 valence electrons. The van der Waals surface area contributed by atoms with Crippen molar-refractivity contribution in [2.75, 3.05) is 31.6 Å². The van der Waals surface area contributed by atoms with Crippen molar-refractivity contribution >= 4 is 11.6 Å². The summed E-state index contributed by atoms with van der Waals surface area (Å²) < 4.78 is 18.8. The van der Waals surface area contributed by atoms with Gasteiger partial charge in [-0.1, -0.05) is 12.1 Å². The zero-order chi connectivity index (χ0) is 13.7. The minimum atomic E-state index is -0.407. The van der Waals surface area contributed by atoms with E-state index in [1.54, 1.807) is 18.2 Å². The summed E-state index contributed by atoms with van der Waals surface area (Å²) in [6, 6.07) is 6.19. The molecule has 0 aliphatic carbocycles. The summed E-state index contributed by atoms with van der Waals surface area (Å²) in [4.78, 5) is 13.9. The molecule has 4 nitrogen and oxygen atoms in total. The van der Waals surface area contributed by atoms with Gasteiger partial charge >= 0.3 is 0 Å². The number of morpholine rings is 1. The smallest absolute Gasteiger partial charge is 0.225 e. The van der Waals surface area contributed by atoms with Gasteiger partial charge in [-0.3, -0.25) is 9.69 Å². The van der Waals surface area contributed by atoms with Crippen molar-refractivity contribution in [3.05, 3.63) is 30.1 Å². The first kappa shape index (κ1) is 14.0. The van der Waals surface area contributed by atoms with Crippen LogP contribution in [0.1, 0.15) is 13.3 Å². The Morgan fingerprint density at radius 2 is 2.32 bits per heavy atom. The lowest BCUT2D eigenvalue weighted by atomic mass is 10.2. The van der Waals surface area contributed by atoms with E-state index in [1.807, 2.05) is 6.92 Å². The van der Waals surface area contributed by atoms with Gasteiger partial charge in [0.15, 0.2) is 0 Å². The molecule has 0 spiro atoms. The number of nitrogens with zero attached hydrogens (tertiary/aromatic N) is 1. The van der Waals surface area contributed by atoms with Gasteiger partial charge in [0.05, 0.1) is 18.4 Å². The monoisotopic (exact) mass is 266 g/mol. The van der Waals surface area contributed by atoms with Crippen molar-refractivity contribution in [1.82, 2.24) is 4.90 Å². The summed E-state index contributed by atoms with van der Waals surface area (Å²) in [5.41, 5.74) is 0.239. The van der Waals surface area contributed by atoms with E-state index in [9.17, 15) is 9.18 Å². The maximum absolute atomic E-state index is 13.4. The number of carbonyl (C=O) groups is 1. The maximum atomic E-state index is 13.4. The van der Waals surface area contributed by atoms with Crippen molar-refractivity contribution in [1.29, 1.82) is 0 Å². The molecule has 5 heteroatoms. The average molecular weight is 266 g/mol. The molecule has 0 radical (unpaired) electrons. The molecule has 1 aromatic carbocycles. The van der Waals surface area contributed by atoms with Gasteiger partial charge in [0.2, 0.25) is 5.91 Å².